The van der Waals surface area contributed by atoms with E-state index in [2.05, 4.69) is 15.9 Å². The maximum absolute atomic E-state index is 13.1. The van der Waals surface area contributed by atoms with Gasteiger partial charge in [0.05, 0.1) is 16.4 Å². The van der Waals surface area contributed by atoms with Gasteiger partial charge in [0, 0.05) is 13.0 Å². The Morgan fingerprint density at radius 2 is 1.70 bits per heavy atom. The Morgan fingerprint density at radius 1 is 1.12 bits per heavy atom. The highest BCUT2D eigenvalue weighted by Gasteiger charge is 2.48. The number of hydrogen-bond acceptors (Lipinski definition) is 7. The van der Waals surface area contributed by atoms with E-state index in [1.165, 1.54) is 13.0 Å². The number of imide groups is 1. The van der Waals surface area contributed by atoms with E-state index in [0.29, 0.717) is 12.8 Å². The number of carbonyl (C=O) groups excluding carboxylic acids is 3. The molecule has 0 unspecified atom stereocenters. The van der Waals surface area contributed by atoms with Crippen molar-refractivity contribution in [2.45, 2.75) is 96.5 Å². The molecule has 33 heavy (non-hydrogen) atoms. The third-order valence-electron chi connectivity index (χ3n) is 6.42. The molecule has 0 aliphatic carbocycles. The standard InChI is InChI=1S/C24H38BrNO7/c1-16(2)18-15-32-23(30)26(18)22(29)17(3)21-19(28)14-20(25)24(31,33-21)12-10-8-6-4-5-7-9-11-13-27/h14,16-18,21,27,31H,4-13,15H2,1-3H3/t17-,18+,21+,24+/m0/s1. The molecule has 0 spiro atoms. The van der Waals surface area contributed by atoms with Crippen LogP contribution in [0.25, 0.3) is 0 Å². The van der Waals surface area contributed by atoms with E-state index in [9.17, 15) is 19.5 Å². The summed E-state index contributed by atoms with van der Waals surface area (Å²) in [5.41, 5.74) is 0. The zero-order valence-corrected chi connectivity index (χ0v) is 21.5. The summed E-state index contributed by atoms with van der Waals surface area (Å²) in [5.74, 6) is -3.59. The van der Waals surface area contributed by atoms with E-state index in [0.717, 1.165) is 49.8 Å². The highest BCUT2D eigenvalue weighted by atomic mass is 79.9. The van der Waals surface area contributed by atoms with Crippen LogP contribution in [0.15, 0.2) is 10.6 Å². The lowest BCUT2D eigenvalue weighted by molar-refractivity contribution is -0.217. The zero-order chi connectivity index (χ0) is 24.6. The number of amides is 2. The normalized spacial score (nSPS) is 26.5. The molecule has 0 aromatic carbocycles. The molecule has 1 fully saturated rings. The second-order valence-corrected chi connectivity index (χ2v) is 10.3. The maximum atomic E-state index is 13.1. The fourth-order valence-electron chi connectivity index (χ4n) is 4.24. The molecule has 2 rings (SSSR count). The number of hydrogen-bond donors (Lipinski definition) is 2. The smallest absolute Gasteiger partial charge is 0.416 e. The first kappa shape index (κ1) is 28.0. The van der Waals surface area contributed by atoms with Crippen molar-refractivity contribution in [3.63, 3.8) is 0 Å². The molecule has 2 aliphatic rings. The number of rotatable bonds is 13. The van der Waals surface area contributed by atoms with Gasteiger partial charge < -0.3 is 19.7 Å². The number of aliphatic hydroxyl groups is 2. The van der Waals surface area contributed by atoms with Crippen molar-refractivity contribution in [2.75, 3.05) is 13.2 Å². The van der Waals surface area contributed by atoms with Crippen LogP contribution < -0.4 is 0 Å². The molecule has 188 valence electrons. The van der Waals surface area contributed by atoms with Crippen LogP contribution in [-0.4, -0.2) is 64.0 Å². The largest absolute Gasteiger partial charge is 0.447 e. The molecule has 8 nitrogen and oxygen atoms in total. The summed E-state index contributed by atoms with van der Waals surface area (Å²) >= 11 is 3.26. The second-order valence-electron chi connectivity index (χ2n) is 9.40. The minimum absolute atomic E-state index is 0.0104. The van der Waals surface area contributed by atoms with Crippen LogP contribution in [0.5, 0.6) is 0 Å². The molecule has 2 amide bonds. The summed E-state index contributed by atoms with van der Waals surface area (Å²) in [6, 6.07) is -0.393. The Hall–Kier alpha value is -1.29. The van der Waals surface area contributed by atoms with Gasteiger partial charge in [-0.05, 0) is 40.8 Å². The van der Waals surface area contributed by atoms with Crippen LogP contribution in [-0.2, 0) is 19.1 Å². The van der Waals surface area contributed by atoms with Gasteiger partial charge in [-0.25, -0.2) is 9.69 Å². The first-order valence-electron chi connectivity index (χ1n) is 12.0. The van der Waals surface area contributed by atoms with Crippen LogP contribution in [0, 0.1) is 11.8 Å². The summed E-state index contributed by atoms with van der Waals surface area (Å²) in [7, 11) is 0. The van der Waals surface area contributed by atoms with Gasteiger partial charge in [0.1, 0.15) is 12.7 Å². The molecule has 1 saturated heterocycles. The predicted molar refractivity (Wildman–Crippen MR) is 126 cm³/mol. The van der Waals surface area contributed by atoms with E-state index >= 15 is 0 Å². The zero-order valence-electron chi connectivity index (χ0n) is 19.9. The highest BCUT2D eigenvalue weighted by molar-refractivity contribution is 9.11. The molecule has 0 radical (unpaired) electrons. The number of ether oxygens (including phenoxy) is 2. The van der Waals surface area contributed by atoms with E-state index < -0.39 is 41.6 Å². The van der Waals surface area contributed by atoms with Crippen LogP contribution in [0.3, 0.4) is 0 Å². The monoisotopic (exact) mass is 531 g/mol. The van der Waals surface area contributed by atoms with Crippen molar-refractivity contribution < 1.29 is 34.1 Å². The summed E-state index contributed by atoms with van der Waals surface area (Å²) in [6.45, 7) is 5.71. The van der Waals surface area contributed by atoms with E-state index in [1.54, 1.807) is 0 Å². The van der Waals surface area contributed by atoms with Crippen molar-refractivity contribution in [2.24, 2.45) is 11.8 Å². The van der Waals surface area contributed by atoms with E-state index in [-0.39, 0.29) is 23.6 Å². The van der Waals surface area contributed by atoms with Crippen LogP contribution in [0.1, 0.15) is 78.6 Å². The van der Waals surface area contributed by atoms with Crippen molar-refractivity contribution in [1.29, 1.82) is 0 Å². The lowest BCUT2D eigenvalue weighted by Gasteiger charge is -2.38. The predicted octanol–water partition coefficient (Wildman–Crippen LogP) is 4.06. The van der Waals surface area contributed by atoms with E-state index in [4.69, 9.17) is 14.6 Å². The number of nitrogens with zero attached hydrogens (tertiary/aromatic N) is 1. The molecule has 2 heterocycles. The lowest BCUT2D eigenvalue weighted by Crippen LogP contribution is -2.52. The van der Waals surface area contributed by atoms with Gasteiger partial charge in [0.25, 0.3) is 0 Å². The third-order valence-corrected chi connectivity index (χ3v) is 7.27. The number of aliphatic hydroxyl groups excluding tert-OH is 1. The number of halogens is 1. The number of unbranched alkanes of at least 4 members (excludes halogenated alkanes) is 7. The van der Waals surface area contributed by atoms with Crippen LogP contribution in [0.4, 0.5) is 4.79 Å². The molecule has 2 N–H and O–H groups in total. The Labute approximate surface area is 204 Å². The van der Waals surface area contributed by atoms with Crippen molar-refractivity contribution in [3.8, 4) is 0 Å². The number of carbonyl (C=O) groups is 3. The minimum Gasteiger partial charge on any atom is -0.447 e. The van der Waals surface area contributed by atoms with E-state index in [1.807, 2.05) is 13.8 Å². The van der Waals surface area contributed by atoms with Crippen molar-refractivity contribution in [3.05, 3.63) is 10.6 Å². The van der Waals surface area contributed by atoms with Crippen molar-refractivity contribution >= 4 is 33.7 Å². The Morgan fingerprint density at radius 3 is 2.27 bits per heavy atom. The Balaban J connectivity index is 1.92. The van der Waals surface area contributed by atoms with Gasteiger partial charge in [-0.15, -0.1) is 0 Å². The molecule has 0 aromatic rings. The molecule has 0 bridgehead atoms. The third kappa shape index (κ3) is 7.34. The molecule has 0 saturated carbocycles. The summed E-state index contributed by atoms with van der Waals surface area (Å²) in [5, 5.41) is 19.9. The topological polar surface area (TPSA) is 113 Å². The average Bonchev–Trinajstić information content (AvgIpc) is 3.16. The van der Waals surface area contributed by atoms with Crippen molar-refractivity contribution in [1.82, 2.24) is 4.90 Å². The molecule has 2 aliphatic heterocycles. The number of ketones is 1. The highest BCUT2D eigenvalue weighted by Crippen LogP contribution is 2.37. The first-order chi connectivity index (χ1) is 15.6. The Kier molecular flexibility index (Phi) is 11.0. The summed E-state index contributed by atoms with van der Waals surface area (Å²) < 4.78 is 11.1. The Bertz CT molecular complexity index is 726. The molecule has 0 aromatic heterocycles. The minimum atomic E-state index is -1.68. The quantitative estimate of drug-likeness (QED) is 0.344. The van der Waals surface area contributed by atoms with Crippen LogP contribution >= 0.6 is 15.9 Å². The average molecular weight is 532 g/mol. The van der Waals surface area contributed by atoms with Gasteiger partial charge >= 0.3 is 6.09 Å². The van der Waals surface area contributed by atoms with Gasteiger partial charge in [-0.1, -0.05) is 59.3 Å². The summed E-state index contributed by atoms with van der Waals surface area (Å²) in [6.07, 6.45) is 7.54. The fourth-order valence-corrected chi connectivity index (χ4v) is 4.75. The van der Waals surface area contributed by atoms with Gasteiger partial charge in [-0.2, -0.15) is 0 Å². The summed E-state index contributed by atoms with van der Waals surface area (Å²) in [4.78, 5) is 39.0. The fraction of sp³-hybridized carbons (Fsp3) is 0.792. The number of cyclic esters (lactones) is 1. The SMILES string of the molecule is CC(C)[C@H]1COC(=O)N1C(=O)[C@@H](C)[C@H]1O[C@](O)(CCCCCCCCCCO)C(Br)=CC1=O. The molecule has 4 atom stereocenters. The van der Waals surface area contributed by atoms with Crippen LogP contribution in [0.2, 0.25) is 0 Å². The van der Waals surface area contributed by atoms with Gasteiger partial charge in [0.15, 0.2) is 11.6 Å². The lowest BCUT2D eigenvalue weighted by atomic mass is 9.93. The molecular formula is C24H38BrNO7. The first-order valence-corrected chi connectivity index (χ1v) is 12.8. The van der Waals surface area contributed by atoms with Gasteiger partial charge in [0.2, 0.25) is 5.91 Å². The molecular weight excluding hydrogens is 494 g/mol. The van der Waals surface area contributed by atoms with Gasteiger partial charge in [-0.3, -0.25) is 9.59 Å². The second kappa shape index (κ2) is 13.0. The maximum Gasteiger partial charge on any atom is 0.416 e. The molecule has 9 heteroatoms.